The lowest BCUT2D eigenvalue weighted by Gasteiger charge is -2.21. The fraction of sp³-hybridized carbons (Fsp3) is 0.833. The number of hydrogen-bond acceptors (Lipinski definition) is 4. The highest BCUT2D eigenvalue weighted by atomic mass is 32.2. The Kier molecular flexibility index (Phi) is 4.50. The van der Waals surface area contributed by atoms with Crippen LogP contribution in [0.5, 0.6) is 0 Å². The zero-order chi connectivity index (χ0) is 13.1. The molecular formula is C12H19NO4S. The summed E-state index contributed by atoms with van der Waals surface area (Å²) in [5.74, 6) is -1.13. The van der Waals surface area contributed by atoms with Crippen LogP contribution in [0.15, 0.2) is 0 Å². The van der Waals surface area contributed by atoms with E-state index in [9.17, 15) is 9.59 Å². The number of hydrogen-bond donors (Lipinski definition) is 2. The smallest absolute Gasteiger partial charge is 0.332 e. The fourth-order valence-corrected chi connectivity index (χ4v) is 3.60. The number of amides is 1. The SMILES string of the molecule is CSC1CCCC1NC(=O)[C@@H]1CC[C@H](C(=O)O)O1. The van der Waals surface area contributed by atoms with Gasteiger partial charge >= 0.3 is 5.97 Å². The van der Waals surface area contributed by atoms with Gasteiger partial charge in [0.05, 0.1) is 0 Å². The molecule has 2 unspecified atom stereocenters. The van der Waals surface area contributed by atoms with Crippen molar-refractivity contribution in [3.63, 3.8) is 0 Å². The minimum Gasteiger partial charge on any atom is -0.479 e. The molecule has 4 atom stereocenters. The molecule has 1 heterocycles. The molecule has 0 bridgehead atoms. The van der Waals surface area contributed by atoms with Crippen molar-refractivity contribution in [2.24, 2.45) is 0 Å². The summed E-state index contributed by atoms with van der Waals surface area (Å²) in [6, 6.07) is 0.208. The number of carboxylic acid groups (broad SMARTS) is 1. The third kappa shape index (κ3) is 2.98. The van der Waals surface area contributed by atoms with E-state index in [4.69, 9.17) is 9.84 Å². The molecule has 1 amide bonds. The largest absolute Gasteiger partial charge is 0.479 e. The van der Waals surface area contributed by atoms with E-state index >= 15 is 0 Å². The van der Waals surface area contributed by atoms with Crippen LogP contribution in [0.3, 0.4) is 0 Å². The molecule has 1 saturated heterocycles. The highest BCUT2D eigenvalue weighted by molar-refractivity contribution is 7.99. The van der Waals surface area contributed by atoms with Crippen molar-refractivity contribution in [3.05, 3.63) is 0 Å². The number of rotatable bonds is 4. The molecular weight excluding hydrogens is 254 g/mol. The van der Waals surface area contributed by atoms with Crippen LogP contribution >= 0.6 is 11.8 Å². The number of carboxylic acids is 1. The van der Waals surface area contributed by atoms with Gasteiger partial charge in [-0.3, -0.25) is 4.79 Å². The summed E-state index contributed by atoms with van der Waals surface area (Å²) in [7, 11) is 0. The maximum absolute atomic E-state index is 12.0. The van der Waals surface area contributed by atoms with E-state index in [0.29, 0.717) is 18.1 Å². The average Bonchev–Trinajstić information content (AvgIpc) is 2.96. The monoisotopic (exact) mass is 273 g/mol. The maximum Gasteiger partial charge on any atom is 0.332 e. The van der Waals surface area contributed by atoms with Gasteiger partial charge in [0, 0.05) is 11.3 Å². The zero-order valence-corrected chi connectivity index (χ0v) is 11.2. The summed E-state index contributed by atoms with van der Waals surface area (Å²) in [5, 5.41) is 12.3. The van der Waals surface area contributed by atoms with Crippen LogP contribution < -0.4 is 5.32 Å². The lowest BCUT2D eigenvalue weighted by atomic mass is 10.1. The highest BCUT2D eigenvalue weighted by Gasteiger charge is 2.37. The van der Waals surface area contributed by atoms with Crippen LogP contribution in [0.4, 0.5) is 0 Å². The number of carbonyl (C=O) groups is 2. The predicted molar refractivity (Wildman–Crippen MR) is 68.6 cm³/mol. The molecule has 102 valence electrons. The van der Waals surface area contributed by atoms with Gasteiger partial charge < -0.3 is 15.2 Å². The van der Waals surface area contributed by atoms with E-state index in [1.165, 1.54) is 0 Å². The van der Waals surface area contributed by atoms with E-state index in [-0.39, 0.29) is 11.9 Å². The molecule has 18 heavy (non-hydrogen) atoms. The van der Waals surface area contributed by atoms with Gasteiger partial charge in [-0.15, -0.1) is 0 Å². The number of aliphatic carboxylic acids is 1. The second-order valence-electron chi connectivity index (χ2n) is 4.85. The summed E-state index contributed by atoms with van der Waals surface area (Å²) in [4.78, 5) is 22.7. The summed E-state index contributed by atoms with van der Waals surface area (Å²) >= 11 is 1.78. The molecule has 2 rings (SSSR count). The Morgan fingerprint density at radius 1 is 1.22 bits per heavy atom. The topological polar surface area (TPSA) is 75.6 Å². The van der Waals surface area contributed by atoms with Gasteiger partial charge in [0.25, 0.3) is 0 Å². The number of ether oxygens (including phenoxy) is 1. The minimum absolute atomic E-state index is 0.148. The van der Waals surface area contributed by atoms with E-state index < -0.39 is 18.2 Å². The Hall–Kier alpha value is -0.750. The predicted octanol–water partition coefficient (Wildman–Crippen LogP) is 1.02. The van der Waals surface area contributed by atoms with Crippen molar-refractivity contribution < 1.29 is 19.4 Å². The Morgan fingerprint density at radius 2 is 1.94 bits per heavy atom. The number of thioether (sulfide) groups is 1. The van der Waals surface area contributed by atoms with Crippen molar-refractivity contribution in [2.45, 2.75) is 55.6 Å². The normalized spacial score (nSPS) is 35.6. The van der Waals surface area contributed by atoms with E-state index in [1.807, 2.05) is 0 Å². The molecule has 0 aromatic rings. The van der Waals surface area contributed by atoms with Crippen LogP contribution in [-0.4, -0.2) is 46.7 Å². The van der Waals surface area contributed by atoms with Gasteiger partial charge in [-0.1, -0.05) is 6.42 Å². The third-order valence-electron chi connectivity index (χ3n) is 3.67. The first-order valence-electron chi connectivity index (χ1n) is 6.33. The van der Waals surface area contributed by atoms with Gasteiger partial charge in [0.2, 0.25) is 5.91 Å². The second-order valence-corrected chi connectivity index (χ2v) is 5.93. The van der Waals surface area contributed by atoms with Crippen molar-refractivity contribution in [1.82, 2.24) is 5.32 Å². The lowest BCUT2D eigenvalue weighted by Crippen LogP contribution is -2.44. The summed E-state index contributed by atoms with van der Waals surface area (Å²) in [6.07, 6.45) is 4.85. The molecule has 2 fully saturated rings. The van der Waals surface area contributed by atoms with Crippen LogP contribution in [0.25, 0.3) is 0 Å². The Bertz CT molecular complexity index is 336. The quantitative estimate of drug-likeness (QED) is 0.800. The molecule has 0 aromatic heterocycles. The molecule has 1 aliphatic carbocycles. The summed E-state index contributed by atoms with van der Waals surface area (Å²) in [5.41, 5.74) is 0. The van der Waals surface area contributed by atoms with Crippen molar-refractivity contribution in [2.75, 3.05) is 6.26 Å². The molecule has 1 aliphatic heterocycles. The fourth-order valence-electron chi connectivity index (χ4n) is 2.66. The number of carbonyl (C=O) groups excluding carboxylic acids is 1. The van der Waals surface area contributed by atoms with Gasteiger partial charge in [0.15, 0.2) is 6.10 Å². The van der Waals surface area contributed by atoms with Crippen LogP contribution in [0.1, 0.15) is 32.1 Å². The first kappa shape index (κ1) is 13.7. The molecule has 0 aromatic carbocycles. The first-order valence-corrected chi connectivity index (χ1v) is 7.62. The van der Waals surface area contributed by atoms with Crippen molar-refractivity contribution in [1.29, 1.82) is 0 Å². The molecule has 0 spiro atoms. The van der Waals surface area contributed by atoms with Crippen LogP contribution in [0.2, 0.25) is 0 Å². The minimum atomic E-state index is -0.979. The molecule has 5 nitrogen and oxygen atoms in total. The molecule has 6 heteroatoms. The van der Waals surface area contributed by atoms with E-state index in [1.54, 1.807) is 11.8 Å². The molecule has 0 radical (unpaired) electrons. The molecule has 1 saturated carbocycles. The summed E-state index contributed by atoms with van der Waals surface area (Å²) < 4.78 is 5.25. The highest BCUT2D eigenvalue weighted by Crippen LogP contribution is 2.29. The third-order valence-corrected chi connectivity index (χ3v) is 4.84. The lowest BCUT2D eigenvalue weighted by molar-refractivity contribution is -0.151. The van der Waals surface area contributed by atoms with Gasteiger partial charge in [0.1, 0.15) is 6.10 Å². The number of nitrogens with one attached hydrogen (secondary N) is 1. The van der Waals surface area contributed by atoms with Gasteiger partial charge in [-0.25, -0.2) is 4.79 Å². The average molecular weight is 273 g/mol. The van der Waals surface area contributed by atoms with Crippen molar-refractivity contribution >= 4 is 23.6 Å². The molecule has 2 aliphatic rings. The van der Waals surface area contributed by atoms with E-state index in [0.717, 1.165) is 19.3 Å². The van der Waals surface area contributed by atoms with Crippen molar-refractivity contribution in [3.8, 4) is 0 Å². The zero-order valence-electron chi connectivity index (χ0n) is 10.4. The molecule has 2 N–H and O–H groups in total. The van der Waals surface area contributed by atoms with Gasteiger partial charge in [-0.05, 0) is 31.9 Å². The van der Waals surface area contributed by atoms with Gasteiger partial charge in [-0.2, -0.15) is 11.8 Å². The summed E-state index contributed by atoms with van der Waals surface area (Å²) in [6.45, 7) is 0. The van der Waals surface area contributed by atoms with Crippen LogP contribution in [-0.2, 0) is 14.3 Å². The maximum atomic E-state index is 12.0. The van der Waals surface area contributed by atoms with E-state index in [2.05, 4.69) is 11.6 Å². The Labute approximate surface area is 111 Å². The standard InChI is InChI=1S/C12H19NO4S/c1-18-10-4-2-3-7(10)13-11(14)8-5-6-9(17-8)12(15)16/h7-10H,2-6H2,1H3,(H,13,14)(H,15,16)/t7?,8-,9+,10?/m0/s1. The second kappa shape index (κ2) is 5.93. The van der Waals surface area contributed by atoms with Crippen LogP contribution in [0, 0.1) is 0 Å². The Morgan fingerprint density at radius 3 is 2.56 bits per heavy atom. The Balaban J connectivity index is 1.83. The first-order chi connectivity index (χ1) is 8.61.